The maximum absolute atomic E-state index is 8.54. The molecule has 5 heteroatoms. The average Bonchev–Trinajstić information content (AvgIpc) is 3.09. The maximum Gasteiger partial charge on any atom is 0.0617 e. The van der Waals surface area contributed by atoms with Crippen LogP contribution in [-0.4, -0.2) is 72.0 Å². The van der Waals surface area contributed by atoms with E-state index in [1.165, 1.54) is 56.2 Å². The number of aliphatic hydroxyl groups excluding tert-OH is 1. The maximum atomic E-state index is 8.54. The molecule has 2 atom stereocenters. The molecule has 0 amide bonds. The van der Waals surface area contributed by atoms with Crippen molar-refractivity contribution in [1.82, 2.24) is 14.4 Å². The Balaban J connectivity index is 0.000000171. The van der Waals surface area contributed by atoms with Crippen LogP contribution in [0.3, 0.4) is 0 Å². The predicted octanol–water partition coefficient (Wildman–Crippen LogP) is 2.84. The number of para-hydroxylation sites is 1. The van der Waals surface area contributed by atoms with Crippen LogP contribution in [0.1, 0.15) is 37.4 Å². The van der Waals surface area contributed by atoms with Crippen molar-refractivity contribution in [2.24, 2.45) is 5.92 Å². The predicted molar refractivity (Wildman–Crippen MR) is 116 cm³/mol. The van der Waals surface area contributed by atoms with E-state index >= 15 is 0 Å². The second kappa shape index (κ2) is 8.03. The molecule has 6 rings (SSSR count). The van der Waals surface area contributed by atoms with E-state index in [0.29, 0.717) is 5.54 Å². The molecule has 0 radical (unpaired) electrons. The average molecular weight is 398 g/mol. The molecule has 1 N–H and O–H groups in total. The number of rotatable bonds is 2. The van der Waals surface area contributed by atoms with Crippen molar-refractivity contribution >= 4 is 10.9 Å². The van der Waals surface area contributed by atoms with Gasteiger partial charge in [0.2, 0.25) is 0 Å². The Morgan fingerprint density at radius 2 is 1.90 bits per heavy atom. The van der Waals surface area contributed by atoms with Crippen molar-refractivity contribution in [1.29, 1.82) is 0 Å². The number of ether oxygens (including phenoxy) is 1. The fourth-order valence-electron chi connectivity index (χ4n) is 6.35. The topological polar surface area (TPSA) is 40.9 Å². The van der Waals surface area contributed by atoms with Gasteiger partial charge in [0.25, 0.3) is 0 Å². The van der Waals surface area contributed by atoms with E-state index in [1.807, 2.05) is 0 Å². The molecule has 0 spiro atoms. The number of fused-ring (bicyclic) bond motifs is 3. The summed E-state index contributed by atoms with van der Waals surface area (Å²) in [6.07, 6.45) is 5.42. The highest BCUT2D eigenvalue weighted by molar-refractivity contribution is 5.86. The largest absolute Gasteiger partial charge is 0.395 e. The molecule has 0 bridgehead atoms. The van der Waals surface area contributed by atoms with E-state index in [1.54, 1.807) is 11.3 Å². The van der Waals surface area contributed by atoms with Crippen molar-refractivity contribution in [3.8, 4) is 0 Å². The lowest BCUT2D eigenvalue weighted by atomic mass is 9.69. The molecule has 1 aromatic carbocycles. The van der Waals surface area contributed by atoms with Gasteiger partial charge in [0.15, 0.2) is 0 Å². The first-order valence-electron chi connectivity index (χ1n) is 11.5. The molecule has 2 unspecified atom stereocenters. The third-order valence-corrected chi connectivity index (χ3v) is 7.84. The summed E-state index contributed by atoms with van der Waals surface area (Å²) in [4.78, 5) is 4.99. The van der Waals surface area contributed by atoms with Crippen LogP contribution in [0.2, 0.25) is 0 Å². The minimum Gasteiger partial charge on any atom is -0.395 e. The van der Waals surface area contributed by atoms with Crippen LogP contribution in [0.15, 0.2) is 24.3 Å². The molecule has 2 saturated heterocycles. The zero-order valence-corrected chi connectivity index (χ0v) is 17.8. The molecular formula is C24H35N3O2. The van der Waals surface area contributed by atoms with Crippen LogP contribution in [0, 0.1) is 5.92 Å². The third-order valence-electron chi connectivity index (χ3n) is 7.84. The van der Waals surface area contributed by atoms with Gasteiger partial charge in [-0.05, 0) is 56.7 Å². The zero-order chi connectivity index (χ0) is 19.8. The molecule has 5 nitrogen and oxygen atoms in total. The van der Waals surface area contributed by atoms with E-state index in [4.69, 9.17) is 9.84 Å². The summed E-state index contributed by atoms with van der Waals surface area (Å²) in [6, 6.07) is 9.07. The van der Waals surface area contributed by atoms with Crippen molar-refractivity contribution in [3.63, 3.8) is 0 Å². The second-order valence-electron chi connectivity index (χ2n) is 9.19. The highest BCUT2D eigenvalue weighted by atomic mass is 16.5. The number of aliphatic hydroxyl groups is 1. The number of piperidine rings is 1. The number of aromatic nitrogens is 1. The SMILES string of the molecule is CC12c3c4c5ccccc5n3CCC1CCCN2CC4.OCCN1CCOCC1. The number of morpholine rings is 1. The van der Waals surface area contributed by atoms with Gasteiger partial charge in [-0.1, -0.05) is 18.2 Å². The van der Waals surface area contributed by atoms with E-state index in [9.17, 15) is 0 Å². The highest BCUT2D eigenvalue weighted by Gasteiger charge is 2.50. The van der Waals surface area contributed by atoms with Gasteiger partial charge in [-0.15, -0.1) is 0 Å². The highest BCUT2D eigenvalue weighted by Crippen LogP contribution is 2.52. The van der Waals surface area contributed by atoms with Crippen molar-refractivity contribution in [2.75, 3.05) is 52.5 Å². The number of aryl methyl sites for hydroxylation is 1. The number of β-amino-alcohol motifs (C(OH)–C–C–N with tert-alkyl or cyclic N) is 1. The number of nitrogens with zero attached hydrogens (tertiary/aromatic N) is 3. The Bertz CT molecular complexity index is 799. The first kappa shape index (κ1) is 19.6. The van der Waals surface area contributed by atoms with Gasteiger partial charge in [-0.2, -0.15) is 0 Å². The number of benzene rings is 1. The summed E-state index contributed by atoms with van der Waals surface area (Å²) < 4.78 is 7.77. The van der Waals surface area contributed by atoms with Gasteiger partial charge >= 0.3 is 0 Å². The summed E-state index contributed by atoms with van der Waals surface area (Å²) in [6.45, 7) is 11.0. The molecule has 4 aliphatic rings. The van der Waals surface area contributed by atoms with Gasteiger partial charge in [0.1, 0.15) is 0 Å². The van der Waals surface area contributed by atoms with E-state index < -0.39 is 0 Å². The van der Waals surface area contributed by atoms with Crippen LogP contribution in [-0.2, 0) is 23.2 Å². The summed E-state index contributed by atoms with van der Waals surface area (Å²) in [5.74, 6) is 0.868. The van der Waals surface area contributed by atoms with Gasteiger partial charge in [-0.3, -0.25) is 9.80 Å². The number of hydrogen-bond donors (Lipinski definition) is 1. The molecule has 0 aliphatic carbocycles. The number of hydrogen-bond acceptors (Lipinski definition) is 4. The third kappa shape index (κ3) is 3.23. The summed E-state index contributed by atoms with van der Waals surface area (Å²) in [7, 11) is 0. The smallest absolute Gasteiger partial charge is 0.0617 e. The minimum absolute atomic E-state index is 0.264. The molecule has 158 valence electrons. The Morgan fingerprint density at radius 1 is 1.07 bits per heavy atom. The van der Waals surface area contributed by atoms with Gasteiger partial charge in [-0.25, -0.2) is 0 Å². The molecule has 2 fully saturated rings. The van der Waals surface area contributed by atoms with Crippen molar-refractivity contribution in [3.05, 3.63) is 35.5 Å². The molecular weight excluding hydrogens is 362 g/mol. The Morgan fingerprint density at radius 3 is 2.72 bits per heavy atom. The monoisotopic (exact) mass is 397 g/mol. The zero-order valence-electron chi connectivity index (χ0n) is 17.8. The second-order valence-corrected chi connectivity index (χ2v) is 9.19. The first-order valence-corrected chi connectivity index (χ1v) is 11.5. The Kier molecular flexibility index (Phi) is 5.41. The summed E-state index contributed by atoms with van der Waals surface area (Å²) in [5, 5.41) is 10.1. The van der Waals surface area contributed by atoms with Crippen LogP contribution >= 0.6 is 0 Å². The normalized spacial score (nSPS) is 29.2. The minimum atomic E-state index is 0.264. The fraction of sp³-hybridized carbons (Fsp3) is 0.667. The van der Waals surface area contributed by atoms with E-state index in [2.05, 4.69) is 45.6 Å². The summed E-state index contributed by atoms with van der Waals surface area (Å²) >= 11 is 0. The van der Waals surface area contributed by atoms with Crippen LogP contribution in [0.4, 0.5) is 0 Å². The lowest BCUT2D eigenvalue weighted by Gasteiger charge is -2.55. The van der Waals surface area contributed by atoms with E-state index in [-0.39, 0.29) is 6.61 Å². The van der Waals surface area contributed by atoms with Crippen LogP contribution in [0.5, 0.6) is 0 Å². The molecule has 5 heterocycles. The molecule has 0 saturated carbocycles. The Labute approximate surface area is 174 Å². The lowest BCUT2D eigenvalue weighted by Crippen LogP contribution is -2.58. The van der Waals surface area contributed by atoms with Gasteiger partial charge in [0, 0.05) is 49.3 Å². The lowest BCUT2D eigenvalue weighted by molar-refractivity contribution is -0.0275. The van der Waals surface area contributed by atoms with Gasteiger partial charge < -0.3 is 14.4 Å². The first-order chi connectivity index (χ1) is 14.2. The molecule has 4 aliphatic heterocycles. The summed E-state index contributed by atoms with van der Waals surface area (Å²) in [5.41, 5.74) is 5.11. The van der Waals surface area contributed by atoms with E-state index in [0.717, 1.165) is 38.8 Å². The quantitative estimate of drug-likeness (QED) is 0.846. The van der Waals surface area contributed by atoms with Crippen LogP contribution < -0.4 is 0 Å². The fourth-order valence-corrected chi connectivity index (χ4v) is 6.35. The Hall–Kier alpha value is -1.40. The molecule has 29 heavy (non-hydrogen) atoms. The molecule has 1 aromatic heterocycles. The van der Waals surface area contributed by atoms with Crippen molar-refractivity contribution in [2.45, 2.75) is 44.7 Å². The standard InChI is InChI=1S/C18H22N2.C6H13NO2/c1-18-13-5-4-10-19(18)11-9-15-14-6-2-3-7-16(14)20(12-8-13)17(15)18;8-4-1-7-2-5-9-6-3-7/h2-3,6-7,13H,4-5,8-12H2,1H3;8H,1-6H2. The van der Waals surface area contributed by atoms with Crippen molar-refractivity contribution < 1.29 is 9.84 Å². The molecule has 2 aromatic rings. The van der Waals surface area contributed by atoms with Gasteiger partial charge in [0.05, 0.1) is 25.4 Å². The van der Waals surface area contributed by atoms with Crippen LogP contribution in [0.25, 0.3) is 10.9 Å².